The van der Waals surface area contributed by atoms with E-state index in [1.54, 1.807) is 23.1 Å². The van der Waals surface area contributed by atoms with Gasteiger partial charge in [0.15, 0.2) is 23.8 Å². The van der Waals surface area contributed by atoms with E-state index in [1.807, 2.05) is 13.8 Å². The van der Waals surface area contributed by atoms with Gasteiger partial charge in [0.05, 0.1) is 0 Å². The largest absolute Gasteiger partial charge is 0.484 e. The molecular weight excluding hydrogens is 324 g/mol. The molecule has 7 nitrogen and oxygen atoms in total. The van der Waals surface area contributed by atoms with Crippen LogP contribution >= 0.6 is 0 Å². The molecule has 1 aliphatic heterocycles. The highest BCUT2D eigenvalue weighted by molar-refractivity contribution is 5.92. The third-order valence-electron chi connectivity index (χ3n) is 3.61. The second-order valence-corrected chi connectivity index (χ2v) is 5.71. The molecule has 0 N–H and O–H groups in total. The summed E-state index contributed by atoms with van der Waals surface area (Å²) in [6.07, 6.45) is 1.35. The number of benzene rings is 1. The Hall–Kier alpha value is -2.96. The van der Waals surface area contributed by atoms with Crippen molar-refractivity contribution in [3.05, 3.63) is 48.2 Å². The molecule has 1 aliphatic rings. The smallest absolute Gasteiger partial charge is 0.276 e. The van der Waals surface area contributed by atoms with Crippen LogP contribution < -0.4 is 14.2 Å². The molecule has 0 unspecified atom stereocenters. The topological polar surface area (TPSA) is 74.0 Å². The Bertz CT molecular complexity index is 784. The Labute approximate surface area is 145 Å². The Balaban J connectivity index is 1.61. The van der Waals surface area contributed by atoms with Gasteiger partial charge >= 0.3 is 0 Å². The van der Waals surface area contributed by atoms with Crippen LogP contribution in [0.5, 0.6) is 17.2 Å². The highest BCUT2D eigenvalue weighted by Gasteiger charge is 2.19. The van der Waals surface area contributed by atoms with Crippen LogP contribution in [0.4, 0.5) is 0 Å². The molecule has 2 aromatic rings. The van der Waals surface area contributed by atoms with E-state index in [4.69, 9.17) is 18.6 Å². The summed E-state index contributed by atoms with van der Waals surface area (Å²) in [5.41, 5.74) is 1.16. The van der Waals surface area contributed by atoms with Gasteiger partial charge in [0.25, 0.3) is 5.91 Å². The van der Waals surface area contributed by atoms with Crippen LogP contribution in [-0.2, 0) is 6.61 Å². The van der Waals surface area contributed by atoms with E-state index in [0.717, 1.165) is 5.57 Å². The number of fused-ring (bicyclic) bond motifs is 1. The number of aromatic nitrogens is 1. The summed E-state index contributed by atoms with van der Waals surface area (Å²) in [6.45, 7) is 9.00. The van der Waals surface area contributed by atoms with Gasteiger partial charge < -0.3 is 23.5 Å². The van der Waals surface area contributed by atoms with Crippen molar-refractivity contribution in [1.82, 2.24) is 9.88 Å². The fourth-order valence-electron chi connectivity index (χ4n) is 2.40. The molecule has 1 aromatic heterocycles. The van der Waals surface area contributed by atoms with E-state index in [0.29, 0.717) is 36.2 Å². The number of hydrogen-bond donors (Lipinski definition) is 0. The number of carbonyl (C=O) groups is 1. The van der Waals surface area contributed by atoms with Gasteiger partial charge in [-0.15, -0.1) is 0 Å². The van der Waals surface area contributed by atoms with Crippen LogP contribution in [0.2, 0.25) is 0 Å². The van der Waals surface area contributed by atoms with E-state index in [1.165, 1.54) is 6.26 Å². The number of ether oxygens (including phenoxy) is 3. The lowest BCUT2D eigenvalue weighted by atomic mass is 10.3. The van der Waals surface area contributed by atoms with Crippen molar-refractivity contribution in [3.63, 3.8) is 0 Å². The van der Waals surface area contributed by atoms with Crippen molar-refractivity contribution < 1.29 is 23.4 Å². The number of nitrogens with zero attached hydrogens (tertiary/aromatic N) is 2. The van der Waals surface area contributed by atoms with Gasteiger partial charge in [0, 0.05) is 19.2 Å². The average molecular weight is 344 g/mol. The predicted molar refractivity (Wildman–Crippen MR) is 89.8 cm³/mol. The van der Waals surface area contributed by atoms with E-state index < -0.39 is 0 Å². The number of rotatable bonds is 7. The standard InChI is InChI=1S/C18H20N2O5/c1-4-20(8-12(2)3)18(21)14-9-23-17(19-14)10-22-13-5-6-15-16(7-13)25-11-24-15/h5-7,9H,2,4,8,10-11H2,1,3H3. The normalized spacial score (nSPS) is 12.1. The second kappa shape index (κ2) is 7.29. The van der Waals surface area contributed by atoms with E-state index >= 15 is 0 Å². The Morgan fingerprint density at radius 1 is 1.36 bits per heavy atom. The van der Waals surface area contributed by atoms with Crippen LogP contribution in [0, 0.1) is 0 Å². The number of carbonyl (C=O) groups excluding carboxylic acids is 1. The van der Waals surface area contributed by atoms with Crippen LogP contribution in [0.3, 0.4) is 0 Å². The quantitative estimate of drug-likeness (QED) is 0.719. The Morgan fingerprint density at radius 3 is 2.92 bits per heavy atom. The summed E-state index contributed by atoms with van der Waals surface area (Å²) in [6, 6.07) is 5.29. The first-order valence-corrected chi connectivity index (χ1v) is 7.97. The molecule has 25 heavy (non-hydrogen) atoms. The molecule has 0 saturated carbocycles. The molecule has 0 fully saturated rings. The molecular formula is C18H20N2O5. The maximum Gasteiger partial charge on any atom is 0.276 e. The van der Waals surface area contributed by atoms with Crippen molar-refractivity contribution in [1.29, 1.82) is 0 Å². The van der Waals surface area contributed by atoms with Crippen molar-refractivity contribution in [3.8, 4) is 17.2 Å². The molecule has 0 radical (unpaired) electrons. The minimum Gasteiger partial charge on any atom is -0.484 e. The zero-order valence-corrected chi connectivity index (χ0v) is 14.3. The number of hydrogen-bond acceptors (Lipinski definition) is 6. The minimum absolute atomic E-state index is 0.111. The van der Waals surface area contributed by atoms with Crippen molar-refractivity contribution in [2.75, 3.05) is 19.9 Å². The van der Waals surface area contributed by atoms with Gasteiger partial charge in [-0.05, 0) is 26.0 Å². The average Bonchev–Trinajstić information content (AvgIpc) is 3.25. The lowest BCUT2D eigenvalue weighted by molar-refractivity contribution is 0.0772. The molecule has 0 saturated heterocycles. The lowest BCUT2D eigenvalue weighted by Gasteiger charge is -2.19. The summed E-state index contributed by atoms with van der Waals surface area (Å²) in [4.78, 5) is 18.3. The van der Waals surface area contributed by atoms with Crippen molar-refractivity contribution in [2.45, 2.75) is 20.5 Å². The van der Waals surface area contributed by atoms with E-state index in [2.05, 4.69) is 11.6 Å². The number of likely N-dealkylation sites (N-methyl/N-ethyl adjacent to an activating group) is 1. The second-order valence-electron chi connectivity index (χ2n) is 5.71. The SMILES string of the molecule is C=C(C)CN(CC)C(=O)c1coc(COc2ccc3c(c2)OCO3)n1. The molecule has 0 bridgehead atoms. The highest BCUT2D eigenvalue weighted by atomic mass is 16.7. The van der Waals surface area contributed by atoms with Gasteiger partial charge in [-0.1, -0.05) is 12.2 Å². The molecule has 0 spiro atoms. The van der Waals surface area contributed by atoms with Crippen LogP contribution in [-0.4, -0.2) is 35.7 Å². The number of amides is 1. The first-order valence-electron chi connectivity index (χ1n) is 7.97. The molecule has 2 heterocycles. The summed E-state index contributed by atoms with van der Waals surface area (Å²) < 4.78 is 21.5. The van der Waals surface area contributed by atoms with Gasteiger partial charge in [0.2, 0.25) is 12.7 Å². The molecule has 132 valence electrons. The molecule has 1 amide bonds. The Morgan fingerprint density at radius 2 is 2.16 bits per heavy atom. The monoisotopic (exact) mass is 344 g/mol. The third-order valence-corrected chi connectivity index (χ3v) is 3.61. The fraction of sp³-hybridized carbons (Fsp3) is 0.333. The van der Waals surface area contributed by atoms with Crippen LogP contribution in [0.1, 0.15) is 30.2 Å². The van der Waals surface area contributed by atoms with Gasteiger partial charge in [-0.3, -0.25) is 4.79 Å². The van der Waals surface area contributed by atoms with Crippen LogP contribution in [0.15, 0.2) is 41.0 Å². The van der Waals surface area contributed by atoms with E-state index in [9.17, 15) is 4.79 Å². The predicted octanol–water partition coefficient (Wildman–Crippen LogP) is 3.02. The van der Waals surface area contributed by atoms with Crippen molar-refractivity contribution >= 4 is 5.91 Å². The lowest BCUT2D eigenvalue weighted by Crippen LogP contribution is -2.32. The maximum atomic E-state index is 12.4. The summed E-state index contributed by atoms with van der Waals surface area (Å²) in [5, 5.41) is 0. The Kier molecular flexibility index (Phi) is 4.92. The maximum absolute atomic E-state index is 12.4. The molecule has 3 rings (SSSR count). The molecule has 0 aliphatic carbocycles. The summed E-state index contributed by atoms with van der Waals surface area (Å²) in [5.74, 6) is 2.07. The first kappa shape index (κ1) is 16.9. The molecule has 0 atom stereocenters. The van der Waals surface area contributed by atoms with Gasteiger partial charge in [-0.2, -0.15) is 0 Å². The summed E-state index contributed by atoms with van der Waals surface area (Å²) >= 11 is 0. The van der Waals surface area contributed by atoms with Gasteiger partial charge in [0.1, 0.15) is 12.0 Å². The van der Waals surface area contributed by atoms with Crippen LogP contribution in [0.25, 0.3) is 0 Å². The van der Waals surface area contributed by atoms with E-state index in [-0.39, 0.29) is 25.0 Å². The first-order chi connectivity index (χ1) is 12.1. The third kappa shape index (κ3) is 3.93. The minimum atomic E-state index is -0.191. The van der Waals surface area contributed by atoms with Crippen molar-refractivity contribution in [2.24, 2.45) is 0 Å². The highest BCUT2D eigenvalue weighted by Crippen LogP contribution is 2.35. The number of oxazole rings is 1. The summed E-state index contributed by atoms with van der Waals surface area (Å²) in [7, 11) is 0. The van der Waals surface area contributed by atoms with Gasteiger partial charge in [-0.25, -0.2) is 4.98 Å². The zero-order valence-electron chi connectivity index (χ0n) is 14.3. The molecule has 1 aromatic carbocycles. The molecule has 7 heteroatoms. The zero-order chi connectivity index (χ0) is 17.8. The fourth-order valence-corrected chi connectivity index (χ4v) is 2.40.